The fraction of sp³-hybridized carbons (Fsp3) is 0.417. The number of halogens is 1. The van der Waals surface area contributed by atoms with Crippen LogP contribution in [0.1, 0.15) is 19.4 Å². The standard InChI is InChI=1S/C12H16BrNO2/c1-8(2)16-10-5-3-9(4-6-10)7-11(13)12(14)15/h3-6,8,11H,7H2,1-2H3,(H2,14,15). The van der Waals surface area contributed by atoms with Crippen LogP contribution in [0, 0.1) is 0 Å². The normalized spacial score (nSPS) is 12.5. The van der Waals surface area contributed by atoms with Crippen LogP contribution in [-0.4, -0.2) is 16.8 Å². The number of ether oxygens (including phenoxy) is 1. The third kappa shape index (κ3) is 4.23. The number of nitrogens with two attached hydrogens (primary N) is 1. The summed E-state index contributed by atoms with van der Waals surface area (Å²) >= 11 is 3.23. The molecule has 0 aliphatic heterocycles. The van der Waals surface area contributed by atoms with Crippen molar-refractivity contribution in [3.8, 4) is 5.75 Å². The Morgan fingerprint density at radius 2 is 1.94 bits per heavy atom. The number of hydrogen-bond donors (Lipinski definition) is 1. The molecule has 0 aromatic heterocycles. The van der Waals surface area contributed by atoms with E-state index in [4.69, 9.17) is 10.5 Å². The van der Waals surface area contributed by atoms with Crippen LogP contribution < -0.4 is 10.5 Å². The van der Waals surface area contributed by atoms with Gasteiger partial charge in [-0.15, -0.1) is 0 Å². The molecule has 16 heavy (non-hydrogen) atoms. The Bertz CT molecular complexity index is 349. The van der Waals surface area contributed by atoms with Crippen LogP contribution in [0.2, 0.25) is 0 Å². The Labute approximate surface area is 104 Å². The van der Waals surface area contributed by atoms with E-state index in [1.807, 2.05) is 38.1 Å². The van der Waals surface area contributed by atoms with Crippen LogP contribution in [0.15, 0.2) is 24.3 Å². The van der Waals surface area contributed by atoms with Crippen LogP contribution in [-0.2, 0) is 11.2 Å². The average Bonchev–Trinajstić information content (AvgIpc) is 2.20. The summed E-state index contributed by atoms with van der Waals surface area (Å²) in [5.74, 6) is 0.492. The lowest BCUT2D eigenvalue weighted by molar-refractivity contribution is -0.117. The van der Waals surface area contributed by atoms with Crippen molar-refractivity contribution in [1.82, 2.24) is 0 Å². The number of carbonyl (C=O) groups is 1. The molecule has 1 amide bonds. The van der Waals surface area contributed by atoms with Crippen molar-refractivity contribution in [2.24, 2.45) is 5.73 Å². The second kappa shape index (κ2) is 5.89. The highest BCUT2D eigenvalue weighted by Gasteiger charge is 2.11. The molecule has 0 aliphatic rings. The van der Waals surface area contributed by atoms with E-state index < -0.39 is 0 Å². The summed E-state index contributed by atoms with van der Waals surface area (Å²) in [5.41, 5.74) is 6.22. The number of hydrogen-bond acceptors (Lipinski definition) is 2. The summed E-state index contributed by atoms with van der Waals surface area (Å²) in [6.07, 6.45) is 0.762. The predicted molar refractivity (Wildman–Crippen MR) is 67.8 cm³/mol. The van der Waals surface area contributed by atoms with Crippen LogP contribution >= 0.6 is 15.9 Å². The van der Waals surface area contributed by atoms with Crippen LogP contribution in [0.3, 0.4) is 0 Å². The monoisotopic (exact) mass is 285 g/mol. The third-order valence-corrected chi connectivity index (χ3v) is 2.79. The smallest absolute Gasteiger partial charge is 0.231 e. The lowest BCUT2D eigenvalue weighted by Crippen LogP contribution is -2.24. The highest BCUT2D eigenvalue weighted by Crippen LogP contribution is 2.16. The van der Waals surface area contributed by atoms with Crippen molar-refractivity contribution in [2.45, 2.75) is 31.2 Å². The molecular formula is C12H16BrNO2. The lowest BCUT2D eigenvalue weighted by Gasteiger charge is -2.10. The van der Waals surface area contributed by atoms with Crippen molar-refractivity contribution in [1.29, 1.82) is 0 Å². The molecule has 88 valence electrons. The zero-order chi connectivity index (χ0) is 12.1. The number of alkyl halides is 1. The van der Waals surface area contributed by atoms with Gasteiger partial charge in [0.1, 0.15) is 5.75 Å². The van der Waals surface area contributed by atoms with Crippen molar-refractivity contribution in [3.05, 3.63) is 29.8 Å². The maximum Gasteiger partial charge on any atom is 0.231 e. The molecule has 0 fully saturated rings. The van der Waals surface area contributed by atoms with Gasteiger partial charge < -0.3 is 10.5 Å². The van der Waals surface area contributed by atoms with E-state index in [0.717, 1.165) is 11.3 Å². The number of carbonyl (C=O) groups excluding carboxylic acids is 1. The van der Waals surface area contributed by atoms with Gasteiger partial charge in [0, 0.05) is 0 Å². The van der Waals surface area contributed by atoms with Gasteiger partial charge in [-0.1, -0.05) is 28.1 Å². The van der Waals surface area contributed by atoms with Gasteiger partial charge in [-0.3, -0.25) is 4.79 Å². The molecule has 0 saturated carbocycles. The number of rotatable bonds is 5. The zero-order valence-electron chi connectivity index (χ0n) is 9.44. The van der Waals surface area contributed by atoms with Gasteiger partial charge in [0.15, 0.2) is 0 Å². The summed E-state index contributed by atoms with van der Waals surface area (Å²) in [5, 5.41) is 0. The predicted octanol–water partition coefficient (Wildman–Crippen LogP) is 2.27. The molecule has 4 heteroatoms. The first-order chi connectivity index (χ1) is 7.49. The summed E-state index contributed by atoms with van der Waals surface area (Å²) in [7, 11) is 0. The molecule has 1 aromatic rings. The molecule has 0 bridgehead atoms. The van der Waals surface area contributed by atoms with Gasteiger partial charge in [-0.2, -0.15) is 0 Å². The summed E-state index contributed by atoms with van der Waals surface area (Å²) in [6, 6.07) is 7.68. The molecule has 0 spiro atoms. The Kier molecular flexibility index (Phi) is 4.80. The number of primary amides is 1. The topological polar surface area (TPSA) is 52.3 Å². The van der Waals surface area contributed by atoms with E-state index in [9.17, 15) is 4.79 Å². The molecule has 0 saturated heterocycles. The number of amides is 1. The molecule has 0 aliphatic carbocycles. The van der Waals surface area contributed by atoms with Gasteiger partial charge in [-0.25, -0.2) is 0 Å². The lowest BCUT2D eigenvalue weighted by atomic mass is 10.1. The molecule has 3 nitrogen and oxygen atoms in total. The Morgan fingerprint density at radius 3 is 2.38 bits per heavy atom. The zero-order valence-corrected chi connectivity index (χ0v) is 11.0. The summed E-state index contributed by atoms with van der Waals surface area (Å²) in [4.78, 5) is 10.6. The first kappa shape index (κ1) is 13.0. The van der Waals surface area contributed by atoms with Crippen molar-refractivity contribution in [3.63, 3.8) is 0 Å². The molecule has 2 N–H and O–H groups in total. The molecule has 0 heterocycles. The minimum Gasteiger partial charge on any atom is -0.491 e. The van der Waals surface area contributed by atoms with E-state index in [-0.39, 0.29) is 16.8 Å². The first-order valence-electron chi connectivity index (χ1n) is 5.18. The second-order valence-corrected chi connectivity index (χ2v) is 4.99. The largest absolute Gasteiger partial charge is 0.491 e. The Balaban J connectivity index is 2.61. The summed E-state index contributed by atoms with van der Waals surface area (Å²) < 4.78 is 5.52. The molecule has 1 rings (SSSR count). The molecule has 0 radical (unpaired) electrons. The van der Waals surface area contributed by atoms with Crippen molar-refractivity contribution < 1.29 is 9.53 Å². The van der Waals surface area contributed by atoms with E-state index in [2.05, 4.69) is 15.9 Å². The Hall–Kier alpha value is -1.03. The van der Waals surface area contributed by atoms with Gasteiger partial charge in [0.25, 0.3) is 0 Å². The van der Waals surface area contributed by atoms with Crippen LogP contribution in [0.5, 0.6) is 5.75 Å². The second-order valence-electron chi connectivity index (χ2n) is 3.88. The summed E-state index contributed by atoms with van der Waals surface area (Å²) in [6.45, 7) is 3.96. The van der Waals surface area contributed by atoms with Gasteiger partial charge in [0.2, 0.25) is 5.91 Å². The minimum atomic E-state index is -0.345. The highest BCUT2D eigenvalue weighted by atomic mass is 79.9. The fourth-order valence-electron chi connectivity index (χ4n) is 1.28. The molecule has 1 aromatic carbocycles. The molecular weight excluding hydrogens is 270 g/mol. The van der Waals surface area contributed by atoms with E-state index >= 15 is 0 Å². The van der Waals surface area contributed by atoms with Gasteiger partial charge in [-0.05, 0) is 38.0 Å². The quantitative estimate of drug-likeness (QED) is 0.844. The van der Waals surface area contributed by atoms with E-state index in [1.54, 1.807) is 0 Å². The maximum absolute atomic E-state index is 10.9. The highest BCUT2D eigenvalue weighted by molar-refractivity contribution is 9.10. The fourth-order valence-corrected chi connectivity index (χ4v) is 1.66. The SMILES string of the molecule is CC(C)Oc1ccc(CC(Br)C(N)=O)cc1. The first-order valence-corrected chi connectivity index (χ1v) is 6.09. The van der Waals surface area contributed by atoms with Crippen LogP contribution in [0.4, 0.5) is 0 Å². The van der Waals surface area contributed by atoms with E-state index in [0.29, 0.717) is 6.42 Å². The minimum absolute atomic E-state index is 0.167. The van der Waals surface area contributed by atoms with Crippen molar-refractivity contribution >= 4 is 21.8 Å². The third-order valence-electron chi connectivity index (χ3n) is 2.02. The van der Waals surface area contributed by atoms with Crippen LogP contribution in [0.25, 0.3) is 0 Å². The molecule has 1 atom stereocenters. The van der Waals surface area contributed by atoms with Gasteiger partial charge in [0.05, 0.1) is 10.9 Å². The Morgan fingerprint density at radius 1 is 1.38 bits per heavy atom. The van der Waals surface area contributed by atoms with Crippen molar-refractivity contribution in [2.75, 3.05) is 0 Å². The number of benzene rings is 1. The average molecular weight is 286 g/mol. The van der Waals surface area contributed by atoms with E-state index in [1.165, 1.54) is 0 Å². The van der Waals surface area contributed by atoms with Gasteiger partial charge >= 0.3 is 0 Å². The maximum atomic E-state index is 10.9. The molecule has 1 unspecified atom stereocenters.